The van der Waals surface area contributed by atoms with Crippen LogP contribution in [0.2, 0.25) is 0 Å². The Balaban J connectivity index is 2.20. The van der Waals surface area contributed by atoms with E-state index in [9.17, 15) is 0 Å². The number of hydrogen-bond acceptors (Lipinski definition) is 0. The van der Waals surface area contributed by atoms with E-state index in [-0.39, 0.29) is 5.41 Å². The molecule has 0 amide bonds. The van der Waals surface area contributed by atoms with Gasteiger partial charge in [-0.05, 0) is 67.9 Å². The van der Waals surface area contributed by atoms with Crippen molar-refractivity contribution in [3.63, 3.8) is 0 Å². The van der Waals surface area contributed by atoms with Gasteiger partial charge in [-0.3, -0.25) is 0 Å². The van der Waals surface area contributed by atoms with Gasteiger partial charge in [-0.15, -0.1) is 0 Å². The largest absolute Gasteiger partial charge is 0.0616 e. The van der Waals surface area contributed by atoms with E-state index in [0.29, 0.717) is 0 Å². The predicted molar refractivity (Wildman–Crippen MR) is 102 cm³/mol. The van der Waals surface area contributed by atoms with Gasteiger partial charge in [-0.2, -0.15) is 0 Å². The lowest BCUT2D eigenvalue weighted by Crippen LogP contribution is -2.13. The number of rotatable bonds is 0. The summed E-state index contributed by atoms with van der Waals surface area (Å²) in [4.78, 5) is 0. The van der Waals surface area contributed by atoms with Gasteiger partial charge >= 0.3 is 0 Å². The summed E-state index contributed by atoms with van der Waals surface area (Å²) in [5, 5.41) is 8.05. The molecule has 0 saturated heterocycles. The van der Waals surface area contributed by atoms with Crippen LogP contribution in [0.3, 0.4) is 0 Å². The summed E-state index contributed by atoms with van der Waals surface area (Å²) in [5.74, 6) is 0. The first-order chi connectivity index (χ1) is 10.9. The second kappa shape index (κ2) is 4.83. The maximum atomic E-state index is 2.35. The molecular weight excluding hydrogens is 276 g/mol. The molecule has 0 heteroatoms. The standard InChI is InChI=1S/C23H22/c1-15-21(23(2,3)4)12-11-16-9-10-19-13-17-7-5-6-8-18(17)14-20(19)22(15)16/h5-14H,1-4H3. The van der Waals surface area contributed by atoms with Gasteiger partial charge in [0.2, 0.25) is 0 Å². The highest BCUT2D eigenvalue weighted by Crippen LogP contribution is 2.36. The van der Waals surface area contributed by atoms with Crippen LogP contribution in [0.15, 0.2) is 60.7 Å². The van der Waals surface area contributed by atoms with Crippen LogP contribution in [0.25, 0.3) is 32.3 Å². The molecule has 0 spiro atoms. The minimum absolute atomic E-state index is 0.164. The summed E-state index contributed by atoms with van der Waals surface area (Å²) >= 11 is 0. The Morgan fingerprint density at radius 3 is 1.96 bits per heavy atom. The van der Waals surface area contributed by atoms with Gasteiger partial charge in [0.15, 0.2) is 0 Å². The fourth-order valence-corrected chi connectivity index (χ4v) is 3.83. The Labute approximate surface area is 137 Å². The molecule has 114 valence electrons. The van der Waals surface area contributed by atoms with Crippen LogP contribution in [0, 0.1) is 6.92 Å². The van der Waals surface area contributed by atoms with E-state index in [1.807, 2.05) is 0 Å². The second-order valence-corrected chi connectivity index (χ2v) is 7.57. The van der Waals surface area contributed by atoms with Crippen LogP contribution in [-0.2, 0) is 5.41 Å². The van der Waals surface area contributed by atoms with Crippen molar-refractivity contribution in [2.75, 3.05) is 0 Å². The molecule has 0 aromatic heterocycles. The molecular formula is C23H22. The zero-order valence-corrected chi connectivity index (χ0v) is 14.3. The Morgan fingerprint density at radius 2 is 1.26 bits per heavy atom. The highest BCUT2D eigenvalue weighted by molar-refractivity contribution is 6.13. The molecule has 0 saturated carbocycles. The molecule has 0 fully saturated rings. The number of aryl methyl sites for hydroxylation is 1. The summed E-state index contributed by atoms with van der Waals surface area (Å²) in [5.41, 5.74) is 3.01. The van der Waals surface area contributed by atoms with Crippen LogP contribution < -0.4 is 0 Å². The molecule has 0 aliphatic carbocycles. The molecule has 23 heavy (non-hydrogen) atoms. The van der Waals surface area contributed by atoms with E-state index in [4.69, 9.17) is 0 Å². The molecule has 0 aliphatic heterocycles. The third kappa shape index (κ3) is 2.21. The maximum absolute atomic E-state index is 2.35. The average molecular weight is 298 g/mol. The summed E-state index contributed by atoms with van der Waals surface area (Å²) < 4.78 is 0. The normalized spacial score (nSPS) is 12.3. The van der Waals surface area contributed by atoms with Gasteiger partial charge < -0.3 is 0 Å². The molecule has 0 nitrogen and oxygen atoms in total. The highest BCUT2D eigenvalue weighted by Gasteiger charge is 2.18. The first kappa shape index (κ1) is 14.3. The van der Waals surface area contributed by atoms with Crippen molar-refractivity contribution in [1.82, 2.24) is 0 Å². The first-order valence-electron chi connectivity index (χ1n) is 8.30. The molecule has 0 bridgehead atoms. The maximum Gasteiger partial charge on any atom is -0.00729 e. The molecule has 4 aromatic rings. The monoisotopic (exact) mass is 298 g/mol. The molecule has 4 rings (SSSR count). The molecule has 0 radical (unpaired) electrons. The van der Waals surface area contributed by atoms with E-state index in [2.05, 4.69) is 88.4 Å². The summed E-state index contributed by atoms with van der Waals surface area (Å²) in [6, 6.07) is 22.4. The quantitative estimate of drug-likeness (QED) is 0.249. The van der Waals surface area contributed by atoms with E-state index in [1.54, 1.807) is 0 Å². The Morgan fingerprint density at radius 1 is 0.652 bits per heavy atom. The first-order valence-corrected chi connectivity index (χ1v) is 8.30. The smallest absolute Gasteiger partial charge is 0.00729 e. The molecule has 0 N–H and O–H groups in total. The van der Waals surface area contributed by atoms with Crippen LogP contribution >= 0.6 is 0 Å². The van der Waals surface area contributed by atoms with E-state index in [1.165, 1.54) is 43.4 Å². The minimum atomic E-state index is 0.164. The fourth-order valence-electron chi connectivity index (χ4n) is 3.83. The number of hydrogen-bond donors (Lipinski definition) is 0. The lowest BCUT2D eigenvalue weighted by Gasteiger charge is -2.23. The van der Waals surface area contributed by atoms with Crippen molar-refractivity contribution in [2.24, 2.45) is 0 Å². The highest BCUT2D eigenvalue weighted by atomic mass is 14.2. The van der Waals surface area contributed by atoms with Crippen molar-refractivity contribution in [2.45, 2.75) is 33.1 Å². The van der Waals surface area contributed by atoms with Gasteiger partial charge in [-0.25, -0.2) is 0 Å². The summed E-state index contributed by atoms with van der Waals surface area (Å²) in [6.45, 7) is 9.16. The average Bonchev–Trinajstić information content (AvgIpc) is 2.51. The van der Waals surface area contributed by atoms with E-state index in [0.717, 1.165) is 0 Å². The fraction of sp³-hybridized carbons (Fsp3) is 0.217. The van der Waals surface area contributed by atoms with Crippen molar-refractivity contribution < 1.29 is 0 Å². The van der Waals surface area contributed by atoms with Crippen LogP contribution in [0.1, 0.15) is 31.9 Å². The number of fused-ring (bicyclic) bond motifs is 4. The van der Waals surface area contributed by atoms with Crippen molar-refractivity contribution in [1.29, 1.82) is 0 Å². The van der Waals surface area contributed by atoms with Crippen LogP contribution in [0.4, 0.5) is 0 Å². The Kier molecular flexibility index (Phi) is 2.99. The van der Waals surface area contributed by atoms with Gasteiger partial charge in [0.25, 0.3) is 0 Å². The molecule has 0 heterocycles. The Hall–Kier alpha value is -2.34. The predicted octanol–water partition coefficient (Wildman–Crippen LogP) is 6.75. The van der Waals surface area contributed by atoms with Gasteiger partial charge in [-0.1, -0.05) is 69.3 Å². The minimum Gasteiger partial charge on any atom is -0.0616 e. The van der Waals surface area contributed by atoms with Gasteiger partial charge in [0.1, 0.15) is 0 Å². The molecule has 0 atom stereocenters. The van der Waals surface area contributed by atoms with Crippen molar-refractivity contribution in [3.8, 4) is 0 Å². The Bertz CT molecular complexity index is 1050. The van der Waals surface area contributed by atoms with E-state index >= 15 is 0 Å². The molecule has 4 aromatic carbocycles. The molecule has 0 aliphatic rings. The van der Waals surface area contributed by atoms with Gasteiger partial charge in [0, 0.05) is 0 Å². The zero-order chi connectivity index (χ0) is 16.2. The summed E-state index contributed by atoms with van der Waals surface area (Å²) in [7, 11) is 0. The van der Waals surface area contributed by atoms with Crippen molar-refractivity contribution in [3.05, 3.63) is 71.8 Å². The van der Waals surface area contributed by atoms with Crippen LogP contribution in [0.5, 0.6) is 0 Å². The van der Waals surface area contributed by atoms with Crippen LogP contribution in [-0.4, -0.2) is 0 Å². The third-order valence-corrected chi connectivity index (χ3v) is 4.93. The lowest BCUT2D eigenvalue weighted by atomic mass is 9.81. The number of benzene rings is 4. The van der Waals surface area contributed by atoms with Crippen molar-refractivity contribution >= 4 is 32.3 Å². The zero-order valence-electron chi connectivity index (χ0n) is 14.3. The lowest BCUT2D eigenvalue weighted by molar-refractivity contribution is 0.587. The topological polar surface area (TPSA) is 0 Å². The SMILES string of the molecule is Cc1c(C(C)(C)C)ccc2ccc3cc4ccccc4cc3c12. The molecule has 0 unspecified atom stereocenters. The summed E-state index contributed by atoms with van der Waals surface area (Å²) in [6.07, 6.45) is 0. The third-order valence-electron chi connectivity index (χ3n) is 4.93. The van der Waals surface area contributed by atoms with E-state index < -0.39 is 0 Å². The van der Waals surface area contributed by atoms with Gasteiger partial charge in [0.05, 0.1) is 0 Å². The second-order valence-electron chi connectivity index (χ2n) is 7.57.